The van der Waals surface area contributed by atoms with Gasteiger partial charge in [-0.3, -0.25) is 0 Å². The van der Waals surface area contributed by atoms with Gasteiger partial charge in [0.05, 0.1) is 5.69 Å². The average Bonchev–Trinajstić information content (AvgIpc) is 2.78. The van der Waals surface area contributed by atoms with Crippen molar-refractivity contribution in [3.63, 3.8) is 0 Å². The van der Waals surface area contributed by atoms with E-state index in [0.29, 0.717) is 18.0 Å². The van der Waals surface area contributed by atoms with Gasteiger partial charge in [-0.05, 0) is 66.0 Å². The first-order chi connectivity index (χ1) is 9.58. The van der Waals surface area contributed by atoms with Gasteiger partial charge in [0.2, 0.25) is 0 Å². The molecule has 1 aromatic heterocycles. The zero-order valence-corrected chi connectivity index (χ0v) is 13.7. The molecule has 0 amide bonds. The average molecular weight is 296 g/mol. The molecule has 3 nitrogen and oxygen atoms in total. The van der Waals surface area contributed by atoms with Gasteiger partial charge in [0.15, 0.2) is 5.15 Å². The summed E-state index contributed by atoms with van der Waals surface area (Å²) in [5.74, 6) is 1.86. The third-order valence-corrected chi connectivity index (χ3v) is 5.39. The molecule has 0 bridgehead atoms. The fourth-order valence-electron chi connectivity index (χ4n) is 3.83. The van der Waals surface area contributed by atoms with Crippen molar-refractivity contribution in [2.24, 2.45) is 0 Å². The molecule has 20 heavy (non-hydrogen) atoms. The Bertz CT molecular complexity index is 472. The summed E-state index contributed by atoms with van der Waals surface area (Å²) in [6, 6.07) is 1.23. The number of imidazole rings is 1. The van der Waals surface area contributed by atoms with E-state index < -0.39 is 0 Å². The van der Waals surface area contributed by atoms with Crippen molar-refractivity contribution < 1.29 is 0 Å². The molecule has 1 unspecified atom stereocenters. The first kappa shape index (κ1) is 14.4. The summed E-state index contributed by atoms with van der Waals surface area (Å²) in [5.41, 5.74) is 1.28. The highest BCUT2D eigenvalue weighted by molar-refractivity contribution is 6.30. The highest BCUT2D eigenvalue weighted by Crippen LogP contribution is 2.37. The molecule has 1 aromatic rings. The molecule has 0 spiro atoms. The van der Waals surface area contributed by atoms with Crippen molar-refractivity contribution in [2.75, 3.05) is 13.1 Å². The Kier molecular flexibility index (Phi) is 4.09. The highest BCUT2D eigenvalue weighted by atomic mass is 35.5. The summed E-state index contributed by atoms with van der Waals surface area (Å²) in [6.45, 7) is 9.27. The van der Waals surface area contributed by atoms with E-state index in [1.165, 1.54) is 50.3 Å². The quantitative estimate of drug-likeness (QED) is 0.821. The van der Waals surface area contributed by atoms with E-state index in [9.17, 15) is 0 Å². The van der Waals surface area contributed by atoms with Crippen LogP contribution in [-0.4, -0.2) is 33.6 Å². The zero-order valence-electron chi connectivity index (χ0n) is 12.9. The summed E-state index contributed by atoms with van der Waals surface area (Å²) in [5, 5.41) is 0.762. The molecule has 1 saturated heterocycles. The SMILES string of the molecule is CC(C)N1CCC(c2nc(Cl)c3n2C(C)CCC3)CC1. The predicted molar refractivity (Wildman–Crippen MR) is 83.6 cm³/mol. The molecule has 112 valence electrons. The van der Waals surface area contributed by atoms with E-state index in [2.05, 4.69) is 30.2 Å². The van der Waals surface area contributed by atoms with Gasteiger partial charge in [0.1, 0.15) is 5.82 Å². The fourth-order valence-corrected chi connectivity index (χ4v) is 4.10. The number of piperidine rings is 1. The maximum absolute atomic E-state index is 6.38. The van der Waals surface area contributed by atoms with Gasteiger partial charge in [-0.15, -0.1) is 0 Å². The van der Waals surface area contributed by atoms with Crippen LogP contribution in [0.4, 0.5) is 0 Å². The van der Waals surface area contributed by atoms with E-state index in [0.717, 1.165) is 11.6 Å². The molecule has 0 radical (unpaired) electrons. The molecule has 4 heteroatoms. The Hall–Kier alpha value is -0.540. The number of rotatable bonds is 2. The second-order valence-electron chi connectivity index (χ2n) is 6.72. The number of aromatic nitrogens is 2. The van der Waals surface area contributed by atoms with Crippen LogP contribution in [-0.2, 0) is 6.42 Å². The normalized spacial score (nSPS) is 25.1. The van der Waals surface area contributed by atoms with Gasteiger partial charge in [0, 0.05) is 18.0 Å². The first-order valence-electron chi connectivity index (χ1n) is 8.08. The second kappa shape index (κ2) is 5.69. The number of hydrogen-bond acceptors (Lipinski definition) is 2. The third-order valence-electron chi connectivity index (χ3n) is 5.09. The van der Waals surface area contributed by atoms with Crippen molar-refractivity contribution in [3.05, 3.63) is 16.7 Å². The van der Waals surface area contributed by atoms with Crippen molar-refractivity contribution in [2.45, 2.75) is 70.9 Å². The van der Waals surface area contributed by atoms with Crippen LogP contribution in [0.5, 0.6) is 0 Å². The van der Waals surface area contributed by atoms with Gasteiger partial charge in [0.25, 0.3) is 0 Å². The molecule has 3 heterocycles. The van der Waals surface area contributed by atoms with E-state index in [4.69, 9.17) is 16.6 Å². The minimum absolute atomic E-state index is 0.567. The zero-order chi connectivity index (χ0) is 14.3. The molecule has 2 aliphatic rings. The molecule has 0 aliphatic carbocycles. The summed E-state index contributed by atoms with van der Waals surface area (Å²) in [7, 11) is 0. The Labute approximate surface area is 127 Å². The number of fused-ring (bicyclic) bond motifs is 1. The van der Waals surface area contributed by atoms with Crippen molar-refractivity contribution in [1.82, 2.24) is 14.5 Å². The second-order valence-corrected chi connectivity index (χ2v) is 7.08. The topological polar surface area (TPSA) is 21.1 Å². The van der Waals surface area contributed by atoms with E-state index in [-0.39, 0.29) is 0 Å². The van der Waals surface area contributed by atoms with E-state index in [1.807, 2.05) is 0 Å². The van der Waals surface area contributed by atoms with Crippen LogP contribution < -0.4 is 0 Å². The molecular weight excluding hydrogens is 270 g/mol. The minimum Gasteiger partial charge on any atom is -0.328 e. The number of nitrogens with zero attached hydrogens (tertiary/aromatic N) is 3. The van der Waals surface area contributed by atoms with Gasteiger partial charge < -0.3 is 9.47 Å². The maximum Gasteiger partial charge on any atom is 0.150 e. The van der Waals surface area contributed by atoms with Crippen LogP contribution in [0.1, 0.15) is 69.9 Å². The molecule has 1 fully saturated rings. The smallest absolute Gasteiger partial charge is 0.150 e. The van der Waals surface area contributed by atoms with E-state index >= 15 is 0 Å². The van der Waals surface area contributed by atoms with Crippen LogP contribution in [0, 0.1) is 0 Å². The molecule has 3 rings (SSSR count). The lowest BCUT2D eigenvalue weighted by Gasteiger charge is -2.35. The van der Waals surface area contributed by atoms with Crippen LogP contribution in [0.15, 0.2) is 0 Å². The first-order valence-corrected chi connectivity index (χ1v) is 8.46. The lowest BCUT2D eigenvalue weighted by atomic mass is 9.94. The Balaban J connectivity index is 1.82. The Morgan fingerprint density at radius 2 is 1.90 bits per heavy atom. The summed E-state index contributed by atoms with van der Waals surface area (Å²) < 4.78 is 2.46. The number of hydrogen-bond donors (Lipinski definition) is 0. The molecule has 0 aromatic carbocycles. The largest absolute Gasteiger partial charge is 0.328 e. The standard InChI is InChI=1S/C16H26ClN3/c1-11(2)19-9-7-13(8-10-19)16-18-15(17)14-6-4-5-12(3)20(14)16/h11-13H,4-10H2,1-3H3. The summed E-state index contributed by atoms with van der Waals surface area (Å²) in [4.78, 5) is 7.32. The van der Waals surface area contributed by atoms with Crippen molar-refractivity contribution in [1.29, 1.82) is 0 Å². The minimum atomic E-state index is 0.567. The number of halogens is 1. The lowest BCUT2D eigenvalue weighted by molar-refractivity contribution is 0.167. The van der Waals surface area contributed by atoms with Gasteiger partial charge in [-0.25, -0.2) is 4.98 Å². The van der Waals surface area contributed by atoms with Crippen LogP contribution in [0.2, 0.25) is 5.15 Å². The molecule has 0 N–H and O–H groups in total. The highest BCUT2D eigenvalue weighted by Gasteiger charge is 2.30. The summed E-state index contributed by atoms with van der Waals surface area (Å²) >= 11 is 6.38. The van der Waals surface area contributed by atoms with Gasteiger partial charge in [-0.2, -0.15) is 0 Å². The van der Waals surface area contributed by atoms with Crippen molar-refractivity contribution in [3.8, 4) is 0 Å². The Morgan fingerprint density at radius 3 is 2.55 bits per heavy atom. The van der Waals surface area contributed by atoms with Crippen LogP contribution in [0.3, 0.4) is 0 Å². The van der Waals surface area contributed by atoms with E-state index in [1.54, 1.807) is 0 Å². The van der Waals surface area contributed by atoms with Gasteiger partial charge in [-0.1, -0.05) is 11.6 Å². The Morgan fingerprint density at radius 1 is 1.20 bits per heavy atom. The predicted octanol–water partition coefficient (Wildman–Crippen LogP) is 4.02. The molecular formula is C16H26ClN3. The maximum atomic E-state index is 6.38. The van der Waals surface area contributed by atoms with Gasteiger partial charge >= 0.3 is 0 Å². The molecule has 2 aliphatic heterocycles. The molecule has 1 atom stereocenters. The fraction of sp³-hybridized carbons (Fsp3) is 0.812. The van der Waals surface area contributed by atoms with Crippen LogP contribution >= 0.6 is 11.6 Å². The molecule has 0 saturated carbocycles. The third kappa shape index (κ3) is 2.50. The summed E-state index contributed by atoms with van der Waals surface area (Å²) in [6.07, 6.45) is 6.05. The monoisotopic (exact) mass is 295 g/mol. The van der Waals surface area contributed by atoms with Crippen molar-refractivity contribution >= 4 is 11.6 Å². The number of likely N-dealkylation sites (tertiary alicyclic amines) is 1. The lowest BCUT2D eigenvalue weighted by Crippen LogP contribution is -2.38. The van der Waals surface area contributed by atoms with Crippen LogP contribution in [0.25, 0.3) is 0 Å².